The van der Waals surface area contributed by atoms with Crippen LogP contribution in [0.5, 0.6) is 0 Å². The highest BCUT2D eigenvalue weighted by Crippen LogP contribution is 2.17. The van der Waals surface area contributed by atoms with Gasteiger partial charge in [-0.05, 0) is 13.0 Å². The number of rotatable bonds is 0. The molecule has 1 aliphatic heterocycles. The quantitative estimate of drug-likeness (QED) is 0.671. The number of oxime groups is 1. The molecule has 0 unspecified atom stereocenters. The minimum atomic E-state index is -0.186. The van der Waals surface area contributed by atoms with Gasteiger partial charge in [-0.15, -0.1) is 0 Å². The molecule has 1 amide bonds. The van der Waals surface area contributed by atoms with Crippen LogP contribution in [0.1, 0.15) is 12.5 Å². The third-order valence-corrected chi connectivity index (χ3v) is 1.99. The van der Waals surface area contributed by atoms with Crippen LogP contribution in [0, 0.1) is 0 Å². The van der Waals surface area contributed by atoms with Crippen molar-refractivity contribution in [2.75, 3.05) is 11.9 Å². The lowest BCUT2D eigenvalue weighted by Gasteiger charge is -2.13. The number of carbonyl (C=O) groups is 1. The second kappa shape index (κ2) is 3.49. The average molecular weight is 190 g/mol. The highest BCUT2D eigenvalue weighted by Gasteiger charge is 2.12. The highest BCUT2D eigenvalue weighted by molar-refractivity contribution is 6.07. The lowest BCUT2D eigenvalue weighted by molar-refractivity contribution is -0.120. The van der Waals surface area contributed by atoms with Gasteiger partial charge in [-0.25, -0.2) is 0 Å². The molecule has 0 fully saturated rings. The van der Waals surface area contributed by atoms with Crippen LogP contribution in [0.2, 0.25) is 0 Å². The minimum Gasteiger partial charge on any atom is -0.385 e. The van der Waals surface area contributed by atoms with Crippen LogP contribution < -0.4 is 5.32 Å². The molecule has 1 aromatic rings. The Morgan fingerprint density at radius 1 is 1.43 bits per heavy atom. The largest absolute Gasteiger partial charge is 0.385 e. The van der Waals surface area contributed by atoms with Crippen molar-refractivity contribution in [2.45, 2.75) is 6.92 Å². The van der Waals surface area contributed by atoms with E-state index in [0.717, 1.165) is 17.0 Å². The number of nitrogens with one attached hydrogen (secondary N) is 1. The predicted octanol–water partition coefficient (Wildman–Crippen LogP) is 1.38. The molecule has 1 aromatic carbocycles. The van der Waals surface area contributed by atoms with E-state index in [-0.39, 0.29) is 12.5 Å². The zero-order chi connectivity index (χ0) is 9.97. The van der Waals surface area contributed by atoms with Crippen LogP contribution in [-0.2, 0) is 9.63 Å². The van der Waals surface area contributed by atoms with Gasteiger partial charge in [-0.1, -0.05) is 23.4 Å². The third-order valence-electron chi connectivity index (χ3n) is 1.99. The number of fused-ring (bicyclic) bond motifs is 1. The third kappa shape index (κ3) is 1.59. The first kappa shape index (κ1) is 8.74. The Morgan fingerprint density at radius 3 is 3.07 bits per heavy atom. The molecule has 0 atom stereocenters. The van der Waals surface area contributed by atoms with Crippen LogP contribution in [0.3, 0.4) is 0 Å². The molecule has 4 nitrogen and oxygen atoms in total. The number of nitrogens with zero attached hydrogens (tertiary/aromatic N) is 1. The smallest absolute Gasteiger partial charge is 0.265 e. The standard InChI is InChI=1S/C10H10N2O2/c1-7-8-4-2-3-5-9(8)11-10(13)6-14-12-7/h2-5H,6H2,1H3,(H,11,13)/b12-7-. The zero-order valence-electron chi connectivity index (χ0n) is 7.78. The number of hydrogen-bond donors (Lipinski definition) is 1. The van der Waals surface area contributed by atoms with Crippen LogP contribution in [0.25, 0.3) is 0 Å². The van der Waals surface area contributed by atoms with E-state index in [1.807, 2.05) is 31.2 Å². The second-order valence-electron chi connectivity index (χ2n) is 3.04. The van der Waals surface area contributed by atoms with Crippen molar-refractivity contribution < 1.29 is 9.63 Å². The van der Waals surface area contributed by atoms with Crippen LogP contribution >= 0.6 is 0 Å². The van der Waals surface area contributed by atoms with E-state index in [9.17, 15) is 4.79 Å². The summed E-state index contributed by atoms with van der Waals surface area (Å²) in [7, 11) is 0. The molecular weight excluding hydrogens is 180 g/mol. The molecule has 0 aliphatic carbocycles. The van der Waals surface area contributed by atoms with Gasteiger partial charge in [-0.2, -0.15) is 0 Å². The molecule has 14 heavy (non-hydrogen) atoms. The lowest BCUT2D eigenvalue weighted by atomic mass is 10.1. The summed E-state index contributed by atoms with van der Waals surface area (Å²) in [5, 5.41) is 6.58. The molecule has 72 valence electrons. The number of hydrogen-bond acceptors (Lipinski definition) is 3. The molecule has 1 N–H and O–H groups in total. The van der Waals surface area contributed by atoms with Crippen LogP contribution in [-0.4, -0.2) is 18.2 Å². The van der Waals surface area contributed by atoms with Crippen LogP contribution in [0.4, 0.5) is 5.69 Å². The van der Waals surface area contributed by atoms with Gasteiger partial charge in [-0.3, -0.25) is 4.79 Å². The summed E-state index contributed by atoms with van der Waals surface area (Å²) in [6.07, 6.45) is 0. The predicted molar refractivity (Wildman–Crippen MR) is 53.2 cm³/mol. The van der Waals surface area contributed by atoms with Gasteiger partial charge in [0.15, 0.2) is 6.61 Å². The summed E-state index contributed by atoms with van der Waals surface area (Å²) in [6, 6.07) is 7.50. The summed E-state index contributed by atoms with van der Waals surface area (Å²) in [4.78, 5) is 16.0. The van der Waals surface area contributed by atoms with Gasteiger partial charge < -0.3 is 10.2 Å². The van der Waals surface area contributed by atoms with Gasteiger partial charge in [0.05, 0.1) is 11.4 Å². The van der Waals surface area contributed by atoms with Crippen molar-refractivity contribution in [3.8, 4) is 0 Å². The van der Waals surface area contributed by atoms with Gasteiger partial charge in [0.1, 0.15) is 0 Å². The molecule has 0 bridgehead atoms. The maximum Gasteiger partial charge on any atom is 0.265 e. The Hall–Kier alpha value is -1.84. The summed E-state index contributed by atoms with van der Waals surface area (Å²) in [6.45, 7) is 1.81. The van der Waals surface area contributed by atoms with E-state index in [1.165, 1.54) is 0 Å². The highest BCUT2D eigenvalue weighted by atomic mass is 16.6. The molecule has 0 saturated heterocycles. The number of amides is 1. The first-order valence-electron chi connectivity index (χ1n) is 4.33. The van der Waals surface area contributed by atoms with Gasteiger partial charge in [0.2, 0.25) is 0 Å². The zero-order valence-corrected chi connectivity index (χ0v) is 7.78. The van der Waals surface area contributed by atoms with Crippen LogP contribution in [0.15, 0.2) is 29.4 Å². The molecule has 1 heterocycles. The van der Waals surface area contributed by atoms with Crippen molar-refractivity contribution in [2.24, 2.45) is 5.16 Å². The molecule has 4 heteroatoms. The summed E-state index contributed by atoms with van der Waals surface area (Å²) in [5.41, 5.74) is 2.43. The van der Waals surface area contributed by atoms with E-state index in [1.54, 1.807) is 0 Å². The lowest BCUT2D eigenvalue weighted by Crippen LogP contribution is -2.21. The SMILES string of the molecule is C/C1=N/OCC(=O)Nc2ccccc21. The Labute approximate surface area is 81.6 Å². The average Bonchev–Trinajstić information content (AvgIpc) is 2.16. The molecule has 1 aliphatic rings. The Bertz CT molecular complexity index is 399. The van der Waals surface area contributed by atoms with Gasteiger partial charge >= 0.3 is 0 Å². The number of benzene rings is 1. The fourth-order valence-electron chi connectivity index (χ4n) is 1.33. The van der Waals surface area contributed by atoms with Gasteiger partial charge in [0, 0.05) is 5.56 Å². The molecule has 0 aromatic heterocycles. The Kier molecular flexibility index (Phi) is 2.18. The fraction of sp³-hybridized carbons (Fsp3) is 0.200. The second-order valence-corrected chi connectivity index (χ2v) is 3.04. The fourth-order valence-corrected chi connectivity index (χ4v) is 1.33. The molecule has 0 saturated carbocycles. The number of carbonyl (C=O) groups excluding carboxylic acids is 1. The molecular formula is C10H10N2O2. The topological polar surface area (TPSA) is 50.7 Å². The Morgan fingerprint density at radius 2 is 2.21 bits per heavy atom. The van der Waals surface area contributed by atoms with Crippen molar-refractivity contribution >= 4 is 17.3 Å². The molecule has 2 rings (SSSR count). The van der Waals surface area contributed by atoms with Crippen molar-refractivity contribution in [3.63, 3.8) is 0 Å². The summed E-state index contributed by atoms with van der Waals surface area (Å²) in [5.74, 6) is -0.186. The summed E-state index contributed by atoms with van der Waals surface area (Å²) < 4.78 is 0. The van der Waals surface area contributed by atoms with E-state index in [2.05, 4.69) is 10.5 Å². The van der Waals surface area contributed by atoms with Gasteiger partial charge in [0.25, 0.3) is 5.91 Å². The van der Waals surface area contributed by atoms with Crippen molar-refractivity contribution in [3.05, 3.63) is 29.8 Å². The summed E-state index contributed by atoms with van der Waals surface area (Å²) >= 11 is 0. The maximum absolute atomic E-state index is 11.2. The van der Waals surface area contributed by atoms with E-state index >= 15 is 0 Å². The van der Waals surface area contributed by atoms with Crippen molar-refractivity contribution in [1.82, 2.24) is 0 Å². The maximum atomic E-state index is 11.2. The Balaban J connectivity index is 2.48. The molecule has 0 spiro atoms. The number of anilines is 1. The van der Waals surface area contributed by atoms with E-state index < -0.39 is 0 Å². The molecule has 0 radical (unpaired) electrons. The minimum absolute atomic E-state index is 0.0360. The van der Waals surface area contributed by atoms with E-state index in [0.29, 0.717) is 0 Å². The first-order valence-corrected chi connectivity index (χ1v) is 4.33. The monoisotopic (exact) mass is 190 g/mol. The normalized spacial score (nSPS) is 19.2. The van der Waals surface area contributed by atoms with E-state index in [4.69, 9.17) is 4.84 Å². The van der Waals surface area contributed by atoms with Crippen molar-refractivity contribution in [1.29, 1.82) is 0 Å². The number of para-hydroxylation sites is 1. The first-order chi connectivity index (χ1) is 6.77.